The average Bonchev–Trinajstić information content (AvgIpc) is 3.18. The lowest BCUT2D eigenvalue weighted by Crippen LogP contribution is -2.13. The highest BCUT2D eigenvalue weighted by Gasteiger charge is 2.27. The number of fused-ring (bicyclic) bond motifs is 1. The maximum Gasteiger partial charge on any atom is 0.274 e. The van der Waals surface area contributed by atoms with Gasteiger partial charge in [0.1, 0.15) is 10.7 Å². The Labute approximate surface area is 141 Å². The molecule has 24 heavy (non-hydrogen) atoms. The first-order valence-electron chi connectivity index (χ1n) is 7.47. The predicted molar refractivity (Wildman–Crippen MR) is 87.9 cm³/mol. The molecule has 0 unspecified atom stereocenters. The van der Waals surface area contributed by atoms with Crippen molar-refractivity contribution in [3.05, 3.63) is 46.4 Å². The van der Waals surface area contributed by atoms with E-state index in [0.717, 1.165) is 22.4 Å². The van der Waals surface area contributed by atoms with Crippen LogP contribution >= 0.6 is 11.3 Å². The lowest BCUT2D eigenvalue weighted by atomic mass is 10.1. The molecule has 0 aromatic carbocycles. The van der Waals surface area contributed by atoms with Crippen LogP contribution in [0.5, 0.6) is 0 Å². The second kappa shape index (κ2) is 6.14. The largest absolute Gasteiger partial charge is 0.376 e. The molecule has 7 nitrogen and oxygen atoms in total. The number of thiophene rings is 1. The van der Waals surface area contributed by atoms with Crippen LogP contribution in [0, 0.1) is 6.92 Å². The number of carbonyl (C=O) groups is 1. The van der Waals surface area contributed by atoms with Gasteiger partial charge < -0.3 is 14.6 Å². The third-order valence-electron chi connectivity index (χ3n) is 3.69. The van der Waals surface area contributed by atoms with Gasteiger partial charge in [-0.1, -0.05) is 11.2 Å². The second-order valence-electron chi connectivity index (χ2n) is 5.33. The number of amides is 1. The zero-order valence-electron chi connectivity index (χ0n) is 12.9. The van der Waals surface area contributed by atoms with Gasteiger partial charge in [-0.25, -0.2) is 0 Å². The topological polar surface area (TPSA) is 90.1 Å². The molecule has 3 aromatic heterocycles. The number of hydrogen-bond donors (Lipinski definition) is 1. The highest BCUT2D eigenvalue weighted by Crippen LogP contribution is 2.42. The highest BCUT2D eigenvalue weighted by atomic mass is 32.1. The number of aryl methyl sites for hydroxylation is 1. The summed E-state index contributed by atoms with van der Waals surface area (Å²) >= 11 is 1.48. The third-order valence-corrected chi connectivity index (χ3v) is 4.81. The number of hydrogen-bond acceptors (Lipinski definition) is 7. The molecule has 0 aliphatic carbocycles. The van der Waals surface area contributed by atoms with Crippen LogP contribution in [0.3, 0.4) is 0 Å². The number of nitrogens with zero attached hydrogens (tertiary/aromatic N) is 3. The standard InChI is InChI=1S/C16H14N4O3S/c1-9-18-15(23-20-9)13-10-5-7-22-8-12(10)24-16(13)19-14(21)11-4-2-3-6-17-11/h2-4,6H,5,7-8H2,1H3,(H,19,21). The molecule has 1 aliphatic rings. The maximum atomic E-state index is 12.5. The maximum absolute atomic E-state index is 12.5. The first kappa shape index (κ1) is 15.0. The minimum atomic E-state index is -0.271. The van der Waals surface area contributed by atoms with E-state index in [-0.39, 0.29) is 5.91 Å². The number of anilines is 1. The number of rotatable bonds is 3. The van der Waals surface area contributed by atoms with Crippen molar-refractivity contribution < 1.29 is 14.1 Å². The van der Waals surface area contributed by atoms with E-state index in [9.17, 15) is 4.79 Å². The van der Waals surface area contributed by atoms with Gasteiger partial charge in [0.15, 0.2) is 5.82 Å². The molecule has 1 N–H and O–H groups in total. The second-order valence-corrected chi connectivity index (χ2v) is 6.43. The third kappa shape index (κ3) is 2.70. The molecule has 0 bridgehead atoms. The van der Waals surface area contributed by atoms with Gasteiger partial charge in [-0.15, -0.1) is 11.3 Å². The number of aromatic nitrogens is 3. The van der Waals surface area contributed by atoms with Crippen LogP contribution < -0.4 is 5.32 Å². The Balaban J connectivity index is 1.75. The first-order chi connectivity index (χ1) is 11.7. The van der Waals surface area contributed by atoms with Gasteiger partial charge in [-0.05, 0) is 31.0 Å². The Kier molecular flexibility index (Phi) is 3.83. The van der Waals surface area contributed by atoms with Crippen LogP contribution in [0.25, 0.3) is 11.5 Å². The van der Waals surface area contributed by atoms with Gasteiger partial charge in [-0.3, -0.25) is 9.78 Å². The van der Waals surface area contributed by atoms with Crippen molar-refractivity contribution >= 4 is 22.2 Å². The number of pyridine rings is 1. The summed E-state index contributed by atoms with van der Waals surface area (Å²) < 4.78 is 10.9. The van der Waals surface area contributed by atoms with Gasteiger partial charge >= 0.3 is 0 Å². The average molecular weight is 342 g/mol. The van der Waals surface area contributed by atoms with Crippen LogP contribution in [-0.4, -0.2) is 27.6 Å². The van der Waals surface area contributed by atoms with E-state index in [1.54, 1.807) is 31.3 Å². The zero-order chi connectivity index (χ0) is 16.5. The molecule has 1 aliphatic heterocycles. The van der Waals surface area contributed by atoms with Crippen molar-refractivity contribution in [1.29, 1.82) is 0 Å². The Hall–Kier alpha value is -2.58. The smallest absolute Gasteiger partial charge is 0.274 e. The van der Waals surface area contributed by atoms with Gasteiger partial charge in [0.2, 0.25) is 0 Å². The summed E-state index contributed by atoms with van der Waals surface area (Å²) in [7, 11) is 0. The van der Waals surface area contributed by atoms with Gasteiger partial charge in [0, 0.05) is 11.1 Å². The lowest BCUT2D eigenvalue weighted by Gasteiger charge is -2.12. The first-order valence-corrected chi connectivity index (χ1v) is 8.29. The fourth-order valence-corrected chi connectivity index (χ4v) is 3.78. The SMILES string of the molecule is Cc1noc(-c2c(NC(=O)c3ccccn3)sc3c2CCOC3)n1. The lowest BCUT2D eigenvalue weighted by molar-refractivity contribution is 0.102. The van der Waals surface area contributed by atoms with Crippen molar-refractivity contribution in [2.75, 3.05) is 11.9 Å². The van der Waals surface area contributed by atoms with Crippen molar-refractivity contribution in [3.63, 3.8) is 0 Å². The molecule has 4 heterocycles. The van der Waals surface area contributed by atoms with E-state index in [2.05, 4.69) is 20.4 Å². The molecule has 0 radical (unpaired) electrons. The molecule has 4 rings (SSSR count). The van der Waals surface area contributed by atoms with Crippen LogP contribution in [-0.2, 0) is 17.8 Å². The highest BCUT2D eigenvalue weighted by molar-refractivity contribution is 7.17. The van der Waals surface area contributed by atoms with E-state index >= 15 is 0 Å². The minimum Gasteiger partial charge on any atom is -0.376 e. The van der Waals surface area contributed by atoms with E-state index in [0.29, 0.717) is 35.6 Å². The van der Waals surface area contributed by atoms with Crippen LogP contribution in [0.1, 0.15) is 26.8 Å². The van der Waals surface area contributed by atoms with Crippen LogP contribution in [0.15, 0.2) is 28.9 Å². The molecule has 8 heteroatoms. The quantitative estimate of drug-likeness (QED) is 0.787. The molecule has 0 fully saturated rings. The molecule has 0 saturated carbocycles. The summed E-state index contributed by atoms with van der Waals surface area (Å²) in [5, 5.41) is 7.47. The minimum absolute atomic E-state index is 0.271. The van der Waals surface area contributed by atoms with Gasteiger partial charge in [-0.2, -0.15) is 4.98 Å². The summed E-state index contributed by atoms with van der Waals surface area (Å²) in [5.74, 6) is 0.704. The Bertz CT molecular complexity index is 888. The molecule has 0 atom stereocenters. The number of ether oxygens (including phenoxy) is 1. The van der Waals surface area contributed by atoms with Gasteiger partial charge in [0.05, 0.1) is 18.8 Å². The number of carbonyl (C=O) groups excluding carboxylic acids is 1. The fraction of sp³-hybridized carbons (Fsp3) is 0.250. The van der Waals surface area contributed by atoms with Crippen LogP contribution in [0.2, 0.25) is 0 Å². The Morgan fingerprint density at radius 1 is 1.38 bits per heavy atom. The van der Waals surface area contributed by atoms with Gasteiger partial charge in [0.25, 0.3) is 11.8 Å². The van der Waals surface area contributed by atoms with Crippen molar-refractivity contribution in [3.8, 4) is 11.5 Å². The van der Waals surface area contributed by atoms with E-state index in [1.807, 2.05) is 0 Å². The summed E-state index contributed by atoms with van der Waals surface area (Å²) in [6.45, 7) is 2.93. The van der Waals surface area contributed by atoms with E-state index in [4.69, 9.17) is 9.26 Å². The van der Waals surface area contributed by atoms with Crippen LogP contribution in [0.4, 0.5) is 5.00 Å². The normalized spacial score (nSPS) is 13.5. The van der Waals surface area contributed by atoms with E-state index in [1.165, 1.54) is 11.3 Å². The molecule has 0 spiro atoms. The van der Waals surface area contributed by atoms with E-state index < -0.39 is 0 Å². The Morgan fingerprint density at radius 2 is 2.29 bits per heavy atom. The predicted octanol–water partition coefficient (Wildman–Crippen LogP) is 2.83. The summed E-state index contributed by atoms with van der Waals surface area (Å²) in [5.41, 5.74) is 2.25. The fourth-order valence-electron chi connectivity index (χ4n) is 2.61. The van der Waals surface area contributed by atoms with Crippen molar-refractivity contribution in [1.82, 2.24) is 15.1 Å². The van der Waals surface area contributed by atoms with Crippen molar-refractivity contribution in [2.45, 2.75) is 20.0 Å². The molecular weight excluding hydrogens is 328 g/mol. The summed E-state index contributed by atoms with van der Waals surface area (Å²) in [6.07, 6.45) is 2.34. The molecule has 1 amide bonds. The summed E-state index contributed by atoms with van der Waals surface area (Å²) in [4.78, 5) is 21.9. The zero-order valence-corrected chi connectivity index (χ0v) is 13.7. The Morgan fingerprint density at radius 3 is 3.04 bits per heavy atom. The molecule has 122 valence electrons. The summed E-state index contributed by atoms with van der Waals surface area (Å²) in [6, 6.07) is 5.21. The van der Waals surface area contributed by atoms with Crippen molar-refractivity contribution in [2.24, 2.45) is 0 Å². The molecule has 3 aromatic rings. The molecule has 0 saturated heterocycles. The number of nitrogens with one attached hydrogen (secondary N) is 1. The monoisotopic (exact) mass is 342 g/mol. The molecular formula is C16H14N4O3S.